The highest BCUT2D eigenvalue weighted by atomic mass is 16.3. The minimum absolute atomic E-state index is 0.0427. The minimum Gasteiger partial charge on any atom is -0.444 e. The lowest BCUT2D eigenvalue weighted by Crippen LogP contribution is -2.45. The number of fused-ring (bicyclic) bond motifs is 2. The van der Waals surface area contributed by atoms with Crippen LogP contribution in [0.5, 0.6) is 0 Å². The van der Waals surface area contributed by atoms with Crippen LogP contribution in [-0.2, 0) is 11.2 Å². The van der Waals surface area contributed by atoms with Crippen molar-refractivity contribution in [1.82, 2.24) is 10.3 Å². The first kappa shape index (κ1) is 15.4. The highest BCUT2D eigenvalue weighted by Crippen LogP contribution is 2.48. The van der Waals surface area contributed by atoms with Crippen LogP contribution in [-0.4, -0.2) is 28.6 Å². The molecule has 0 saturated heterocycles. The van der Waals surface area contributed by atoms with Crippen molar-refractivity contribution in [3.8, 4) is 11.5 Å². The number of amides is 1. The van der Waals surface area contributed by atoms with Crippen molar-refractivity contribution in [3.05, 3.63) is 42.3 Å². The lowest BCUT2D eigenvalue weighted by Gasteiger charge is -2.30. The zero-order valence-electron chi connectivity index (χ0n) is 13.5. The predicted octanol–water partition coefficient (Wildman–Crippen LogP) is 2.41. The summed E-state index contributed by atoms with van der Waals surface area (Å²) in [5.41, 5.74) is 1.53. The van der Waals surface area contributed by atoms with Gasteiger partial charge in [0.1, 0.15) is 6.26 Å². The quantitative estimate of drug-likeness (QED) is 0.885. The monoisotopic (exact) mass is 326 g/mol. The molecule has 2 aliphatic rings. The fourth-order valence-corrected chi connectivity index (χ4v) is 4.40. The Balaban J connectivity index is 1.39. The van der Waals surface area contributed by atoms with Crippen LogP contribution in [0.15, 0.2) is 41.0 Å². The first-order valence-electron chi connectivity index (χ1n) is 8.64. The lowest BCUT2D eigenvalue weighted by molar-refractivity contribution is -0.122. The van der Waals surface area contributed by atoms with Crippen molar-refractivity contribution in [2.24, 2.45) is 17.8 Å². The molecule has 1 aromatic carbocycles. The number of aliphatic hydroxyl groups excluding tert-OH is 1. The minimum atomic E-state index is -0.0427. The molecule has 5 nitrogen and oxygen atoms in total. The maximum absolute atomic E-state index is 12.4. The third-order valence-corrected chi connectivity index (χ3v) is 5.54. The average Bonchev–Trinajstić information content (AvgIpc) is 3.31. The van der Waals surface area contributed by atoms with Crippen molar-refractivity contribution in [2.45, 2.75) is 31.7 Å². The van der Waals surface area contributed by atoms with Gasteiger partial charge in [0.2, 0.25) is 11.8 Å². The SMILES string of the molecule is O=C(Cc1coc(-c2ccccc2)n1)NC1C2CCC(C2)C1CO. The van der Waals surface area contributed by atoms with Gasteiger partial charge in [0.05, 0.1) is 12.1 Å². The van der Waals surface area contributed by atoms with Crippen LogP contribution in [0.4, 0.5) is 0 Å². The Bertz CT molecular complexity index is 712. The number of hydrogen-bond donors (Lipinski definition) is 2. The first-order chi connectivity index (χ1) is 11.7. The standard InChI is InChI=1S/C19H22N2O3/c22-10-16-13-6-7-14(8-13)18(16)21-17(23)9-15-11-24-19(20-15)12-4-2-1-3-5-12/h1-5,11,13-14,16,18,22H,6-10H2,(H,21,23). The fourth-order valence-electron chi connectivity index (χ4n) is 4.40. The Kier molecular flexibility index (Phi) is 4.10. The normalized spacial score (nSPS) is 28.2. The van der Waals surface area contributed by atoms with E-state index < -0.39 is 0 Å². The third kappa shape index (κ3) is 2.84. The van der Waals surface area contributed by atoms with E-state index in [1.54, 1.807) is 6.26 Å². The van der Waals surface area contributed by atoms with Crippen molar-refractivity contribution in [3.63, 3.8) is 0 Å². The summed E-state index contributed by atoms with van der Waals surface area (Å²) in [5, 5.41) is 12.7. The molecule has 2 saturated carbocycles. The molecule has 1 aromatic heterocycles. The second-order valence-corrected chi connectivity index (χ2v) is 6.96. The van der Waals surface area contributed by atoms with E-state index in [1.807, 2.05) is 30.3 Å². The van der Waals surface area contributed by atoms with Gasteiger partial charge in [0, 0.05) is 24.1 Å². The summed E-state index contributed by atoms with van der Waals surface area (Å²) in [4.78, 5) is 16.8. The molecule has 2 fully saturated rings. The second kappa shape index (κ2) is 6.40. The second-order valence-electron chi connectivity index (χ2n) is 6.96. The molecule has 126 valence electrons. The number of oxazole rings is 1. The summed E-state index contributed by atoms with van der Waals surface area (Å²) in [6, 6.07) is 9.76. The van der Waals surface area contributed by atoms with E-state index in [4.69, 9.17) is 4.42 Å². The molecular formula is C19H22N2O3. The first-order valence-corrected chi connectivity index (χ1v) is 8.64. The molecule has 0 aliphatic heterocycles. The molecule has 1 amide bonds. The van der Waals surface area contributed by atoms with Crippen molar-refractivity contribution in [1.29, 1.82) is 0 Å². The zero-order chi connectivity index (χ0) is 16.5. The molecule has 4 atom stereocenters. The third-order valence-electron chi connectivity index (χ3n) is 5.54. The molecule has 0 spiro atoms. The molecule has 4 rings (SSSR count). The van der Waals surface area contributed by atoms with Crippen molar-refractivity contribution < 1.29 is 14.3 Å². The van der Waals surface area contributed by atoms with Gasteiger partial charge in [0.25, 0.3) is 0 Å². The highest BCUT2D eigenvalue weighted by molar-refractivity contribution is 5.78. The summed E-state index contributed by atoms with van der Waals surface area (Å²) in [5.74, 6) is 1.80. The number of carbonyl (C=O) groups excluding carboxylic acids is 1. The molecule has 2 aliphatic carbocycles. The average molecular weight is 326 g/mol. The number of nitrogens with zero attached hydrogens (tertiary/aromatic N) is 1. The van der Waals surface area contributed by atoms with E-state index in [1.165, 1.54) is 6.42 Å². The highest BCUT2D eigenvalue weighted by Gasteiger charge is 2.47. The number of rotatable bonds is 5. The smallest absolute Gasteiger partial charge is 0.226 e. The van der Waals surface area contributed by atoms with E-state index >= 15 is 0 Å². The zero-order valence-corrected chi connectivity index (χ0v) is 13.5. The van der Waals surface area contributed by atoms with Gasteiger partial charge in [0.15, 0.2) is 0 Å². The molecule has 0 radical (unpaired) electrons. The van der Waals surface area contributed by atoms with Gasteiger partial charge in [-0.3, -0.25) is 4.79 Å². The summed E-state index contributed by atoms with van der Waals surface area (Å²) < 4.78 is 5.48. The molecular weight excluding hydrogens is 304 g/mol. The van der Waals surface area contributed by atoms with E-state index in [9.17, 15) is 9.90 Å². The number of benzene rings is 1. The predicted molar refractivity (Wildman–Crippen MR) is 89.0 cm³/mol. The van der Waals surface area contributed by atoms with Gasteiger partial charge in [-0.25, -0.2) is 4.98 Å². The van der Waals surface area contributed by atoms with Gasteiger partial charge in [-0.1, -0.05) is 18.2 Å². The van der Waals surface area contributed by atoms with Crippen LogP contribution in [0.1, 0.15) is 25.0 Å². The van der Waals surface area contributed by atoms with E-state index in [0.29, 0.717) is 23.4 Å². The van der Waals surface area contributed by atoms with Gasteiger partial charge in [-0.15, -0.1) is 0 Å². The summed E-state index contributed by atoms with van der Waals surface area (Å²) in [6.45, 7) is 0.161. The molecule has 2 N–H and O–H groups in total. The number of carbonyl (C=O) groups is 1. The van der Waals surface area contributed by atoms with Crippen LogP contribution in [0.25, 0.3) is 11.5 Å². The topological polar surface area (TPSA) is 75.4 Å². The number of aliphatic hydroxyl groups is 1. The van der Waals surface area contributed by atoms with Gasteiger partial charge >= 0.3 is 0 Å². The van der Waals surface area contributed by atoms with Crippen molar-refractivity contribution in [2.75, 3.05) is 6.61 Å². The Morgan fingerprint density at radius 3 is 2.83 bits per heavy atom. The summed E-state index contributed by atoms with van der Waals surface area (Å²) in [6.07, 6.45) is 5.24. The Hall–Kier alpha value is -2.14. The summed E-state index contributed by atoms with van der Waals surface area (Å²) in [7, 11) is 0. The van der Waals surface area contributed by atoms with Gasteiger partial charge in [-0.05, 0) is 43.2 Å². The van der Waals surface area contributed by atoms with Gasteiger partial charge < -0.3 is 14.8 Å². The molecule has 2 bridgehead atoms. The van der Waals surface area contributed by atoms with Crippen LogP contribution in [0, 0.1) is 17.8 Å². The van der Waals surface area contributed by atoms with Crippen LogP contribution >= 0.6 is 0 Å². The number of aromatic nitrogens is 1. The molecule has 1 heterocycles. The number of nitrogens with one attached hydrogen (secondary N) is 1. The Labute approximate surface area is 141 Å². The maximum atomic E-state index is 12.4. The molecule has 5 heteroatoms. The molecule has 24 heavy (non-hydrogen) atoms. The number of hydrogen-bond acceptors (Lipinski definition) is 4. The van der Waals surface area contributed by atoms with Crippen LogP contribution in [0.2, 0.25) is 0 Å². The fraction of sp³-hybridized carbons (Fsp3) is 0.474. The van der Waals surface area contributed by atoms with E-state index in [-0.39, 0.29) is 30.9 Å². The Morgan fingerprint density at radius 1 is 1.25 bits per heavy atom. The van der Waals surface area contributed by atoms with Crippen LogP contribution < -0.4 is 5.32 Å². The summed E-state index contributed by atoms with van der Waals surface area (Å²) >= 11 is 0. The largest absolute Gasteiger partial charge is 0.444 e. The Morgan fingerprint density at radius 2 is 2.04 bits per heavy atom. The van der Waals surface area contributed by atoms with Gasteiger partial charge in [-0.2, -0.15) is 0 Å². The molecule has 4 unspecified atom stereocenters. The van der Waals surface area contributed by atoms with E-state index in [0.717, 1.165) is 18.4 Å². The van der Waals surface area contributed by atoms with Crippen LogP contribution in [0.3, 0.4) is 0 Å². The maximum Gasteiger partial charge on any atom is 0.226 e. The molecule has 2 aromatic rings. The van der Waals surface area contributed by atoms with Crippen molar-refractivity contribution >= 4 is 5.91 Å². The van der Waals surface area contributed by atoms with E-state index in [2.05, 4.69) is 10.3 Å². The lowest BCUT2D eigenvalue weighted by atomic mass is 9.85.